The Kier molecular flexibility index (Phi) is 13.1. The minimum absolute atomic E-state index is 0.0118. The van der Waals surface area contributed by atoms with Gasteiger partial charge in [0.25, 0.3) is 5.56 Å². The van der Waals surface area contributed by atoms with Crippen LogP contribution in [0.15, 0.2) is 21.9 Å². The summed E-state index contributed by atoms with van der Waals surface area (Å²) >= 11 is 0. The van der Waals surface area contributed by atoms with Crippen LogP contribution in [0, 0.1) is 0 Å². The molecule has 14 heteroatoms. The highest BCUT2D eigenvalue weighted by Gasteiger charge is 2.42. The smallest absolute Gasteiger partial charge is 0.376 e. The number of phosphoric acid groups is 1. The number of carbonyl (C=O) groups excluding carboxylic acids is 1. The number of rotatable bonds is 16. The van der Waals surface area contributed by atoms with Crippen LogP contribution >= 0.6 is 7.82 Å². The summed E-state index contributed by atoms with van der Waals surface area (Å²) in [4.78, 5) is 49.4. The molecule has 0 aliphatic carbocycles. The number of phosphoric ester groups is 1. The molecule has 1 amide bonds. The standard InChI is InChI=1S/C24H41N4O9P/c1-16(2)34-15-20-19(37-38(32,33)36-17(3)4)13-22(35-20)28-14-18(23(30)27-24(28)31)9-10-21(29)26-12-8-6-5-7-11-25/h9-10,14,16-17,19-20,22H,5-8,11-13,15,25H2,1-4H3,(H,26,29)(H,32,33)(H,27,30,31)/b10-9+. The van der Waals surface area contributed by atoms with Crippen molar-refractivity contribution in [3.63, 3.8) is 0 Å². The van der Waals surface area contributed by atoms with Crippen LogP contribution in [0.2, 0.25) is 0 Å². The van der Waals surface area contributed by atoms with Crippen molar-refractivity contribution < 1.29 is 32.8 Å². The minimum Gasteiger partial charge on any atom is -0.376 e. The molecule has 13 nitrogen and oxygen atoms in total. The van der Waals surface area contributed by atoms with E-state index in [9.17, 15) is 23.8 Å². The van der Waals surface area contributed by atoms with Crippen molar-refractivity contribution in [3.05, 3.63) is 38.7 Å². The summed E-state index contributed by atoms with van der Waals surface area (Å²) in [5, 5.41) is 2.75. The average molecular weight is 561 g/mol. The van der Waals surface area contributed by atoms with Gasteiger partial charge in [0.2, 0.25) is 5.91 Å². The van der Waals surface area contributed by atoms with Gasteiger partial charge < -0.3 is 25.4 Å². The van der Waals surface area contributed by atoms with Crippen LogP contribution in [-0.2, 0) is 27.9 Å². The number of unbranched alkanes of at least 4 members (excludes halogenated alkanes) is 3. The van der Waals surface area contributed by atoms with Crippen molar-refractivity contribution in [2.45, 2.75) is 90.4 Å². The molecule has 1 aromatic heterocycles. The number of amides is 1. The van der Waals surface area contributed by atoms with Crippen molar-refractivity contribution >= 4 is 19.8 Å². The summed E-state index contributed by atoms with van der Waals surface area (Å²) in [7, 11) is -4.41. The molecule has 0 saturated carbocycles. The van der Waals surface area contributed by atoms with E-state index in [2.05, 4.69) is 10.3 Å². The van der Waals surface area contributed by atoms with Crippen LogP contribution in [0.4, 0.5) is 0 Å². The third kappa shape index (κ3) is 10.9. The van der Waals surface area contributed by atoms with E-state index in [0.29, 0.717) is 13.1 Å². The van der Waals surface area contributed by atoms with E-state index < -0.39 is 43.6 Å². The Bertz CT molecular complexity index is 1090. The molecule has 216 valence electrons. The zero-order chi connectivity index (χ0) is 28.3. The molecule has 38 heavy (non-hydrogen) atoms. The Morgan fingerprint density at radius 3 is 2.63 bits per heavy atom. The molecule has 1 aliphatic heterocycles. The first-order valence-electron chi connectivity index (χ1n) is 12.9. The number of nitrogens with zero attached hydrogens (tertiary/aromatic N) is 1. The predicted molar refractivity (Wildman–Crippen MR) is 141 cm³/mol. The zero-order valence-corrected chi connectivity index (χ0v) is 23.4. The Morgan fingerprint density at radius 1 is 1.26 bits per heavy atom. The van der Waals surface area contributed by atoms with Gasteiger partial charge in [-0.15, -0.1) is 0 Å². The molecule has 1 saturated heterocycles. The van der Waals surface area contributed by atoms with Gasteiger partial charge in [0.15, 0.2) is 0 Å². The van der Waals surface area contributed by atoms with Crippen molar-refractivity contribution in [3.8, 4) is 0 Å². The minimum atomic E-state index is -4.41. The lowest BCUT2D eigenvalue weighted by molar-refractivity contribution is -0.116. The second-order valence-corrected chi connectivity index (χ2v) is 11.0. The summed E-state index contributed by atoms with van der Waals surface area (Å²) in [6.45, 7) is 8.02. The van der Waals surface area contributed by atoms with E-state index in [-0.39, 0.29) is 30.6 Å². The molecule has 1 fully saturated rings. The second-order valence-electron chi connectivity index (χ2n) is 9.59. The fraction of sp³-hybridized carbons (Fsp3) is 0.708. The van der Waals surface area contributed by atoms with Gasteiger partial charge in [0.1, 0.15) is 18.4 Å². The van der Waals surface area contributed by atoms with Gasteiger partial charge in [-0.3, -0.25) is 28.2 Å². The van der Waals surface area contributed by atoms with Crippen LogP contribution in [0.5, 0.6) is 0 Å². The molecule has 1 aliphatic rings. The lowest BCUT2D eigenvalue weighted by Gasteiger charge is -2.22. The number of hydrogen-bond acceptors (Lipinski definition) is 9. The van der Waals surface area contributed by atoms with Crippen LogP contribution in [0.25, 0.3) is 6.08 Å². The van der Waals surface area contributed by atoms with Gasteiger partial charge in [0, 0.05) is 25.2 Å². The molecule has 5 N–H and O–H groups in total. The largest absolute Gasteiger partial charge is 0.472 e. The van der Waals surface area contributed by atoms with Crippen LogP contribution in [-0.4, -0.2) is 64.5 Å². The average Bonchev–Trinajstić information content (AvgIpc) is 3.19. The van der Waals surface area contributed by atoms with Crippen molar-refractivity contribution in [2.75, 3.05) is 19.7 Å². The van der Waals surface area contributed by atoms with E-state index >= 15 is 0 Å². The number of aromatic nitrogens is 2. The fourth-order valence-corrected chi connectivity index (χ4v) is 4.92. The third-order valence-electron chi connectivity index (χ3n) is 5.54. The number of aromatic amines is 1. The van der Waals surface area contributed by atoms with Gasteiger partial charge in [-0.05, 0) is 53.2 Å². The van der Waals surface area contributed by atoms with Gasteiger partial charge in [-0.1, -0.05) is 12.8 Å². The van der Waals surface area contributed by atoms with Gasteiger partial charge >= 0.3 is 13.5 Å². The van der Waals surface area contributed by atoms with E-state index in [1.54, 1.807) is 13.8 Å². The number of carbonyl (C=O) groups is 1. The zero-order valence-electron chi connectivity index (χ0n) is 22.5. The van der Waals surface area contributed by atoms with Crippen molar-refractivity contribution in [2.24, 2.45) is 5.73 Å². The van der Waals surface area contributed by atoms with Gasteiger partial charge in [0.05, 0.1) is 24.4 Å². The summed E-state index contributed by atoms with van der Waals surface area (Å²) < 4.78 is 35.5. The Labute approximate surface area is 222 Å². The van der Waals surface area contributed by atoms with E-state index in [4.69, 9.17) is 24.3 Å². The van der Waals surface area contributed by atoms with Crippen LogP contribution in [0.1, 0.15) is 71.6 Å². The topological polar surface area (TPSA) is 184 Å². The molecule has 0 aromatic carbocycles. The number of nitrogens with two attached hydrogens (primary N) is 1. The Balaban J connectivity index is 2.14. The maximum Gasteiger partial charge on any atom is 0.472 e. The van der Waals surface area contributed by atoms with Crippen molar-refractivity contribution in [1.82, 2.24) is 14.9 Å². The Hall–Kier alpha value is -2.12. The fourth-order valence-electron chi connectivity index (χ4n) is 3.77. The Morgan fingerprint density at radius 2 is 1.97 bits per heavy atom. The molecule has 0 spiro atoms. The van der Waals surface area contributed by atoms with Gasteiger partial charge in [-0.2, -0.15) is 0 Å². The number of nitrogens with one attached hydrogen (secondary N) is 2. The lowest BCUT2D eigenvalue weighted by atomic mass is 10.2. The molecular weight excluding hydrogens is 519 g/mol. The normalized spacial score (nSPS) is 21.4. The first-order chi connectivity index (χ1) is 17.9. The molecule has 2 rings (SSSR count). The highest BCUT2D eigenvalue weighted by atomic mass is 31.2. The van der Waals surface area contributed by atoms with E-state index in [1.807, 2.05) is 13.8 Å². The van der Waals surface area contributed by atoms with Gasteiger partial charge in [-0.25, -0.2) is 9.36 Å². The number of hydrogen-bond donors (Lipinski definition) is 4. The molecular formula is C24H41N4O9P. The number of H-pyrrole nitrogens is 1. The summed E-state index contributed by atoms with van der Waals surface area (Å²) in [5.41, 5.74) is 4.10. The van der Waals surface area contributed by atoms with E-state index in [0.717, 1.165) is 30.3 Å². The summed E-state index contributed by atoms with van der Waals surface area (Å²) in [5.74, 6) is -0.374. The second kappa shape index (κ2) is 15.5. The maximum absolute atomic E-state index is 12.6. The summed E-state index contributed by atoms with van der Waals surface area (Å²) in [6.07, 6.45) is 4.17. The molecule has 1 aromatic rings. The first kappa shape index (κ1) is 32.1. The highest BCUT2D eigenvalue weighted by molar-refractivity contribution is 7.47. The predicted octanol–water partition coefficient (Wildman–Crippen LogP) is 1.81. The third-order valence-corrected chi connectivity index (χ3v) is 6.76. The van der Waals surface area contributed by atoms with E-state index in [1.165, 1.54) is 18.3 Å². The van der Waals surface area contributed by atoms with Crippen molar-refractivity contribution in [1.29, 1.82) is 0 Å². The molecule has 4 atom stereocenters. The quantitative estimate of drug-likeness (QED) is 0.132. The maximum atomic E-state index is 12.6. The monoisotopic (exact) mass is 560 g/mol. The highest BCUT2D eigenvalue weighted by Crippen LogP contribution is 2.49. The van der Waals surface area contributed by atoms with Crippen LogP contribution < -0.4 is 22.3 Å². The first-order valence-corrected chi connectivity index (χ1v) is 14.4. The molecule has 0 radical (unpaired) electrons. The molecule has 2 heterocycles. The molecule has 4 unspecified atom stereocenters. The SMILES string of the molecule is CC(C)OCC1OC(n2cc(/C=C/C(=O)NCCCCCCN)c(=O)[nH]c2=O)CC1OP(=O)(O)OC(C)C. The van der Waals surface area contributed by atoms with Crippen LogP contribution in [0.3, 0.4) is 0 Å². The molecule has 0 bridgehead atoms. The number of ether oxygens (including phenoxy) is 2. The summed E-state index contributed by atoms with van der Waals surface area (Å²) in [6, 6.07) is 0. The lowest BCUT2D eigenvalue weighted by Crippen LogP contribution is -2.33.